The summed E-state index contributed by atoms with van der Waals surface area (Å²) in [6.07, 6.45) is 0.299. The first-order chi connectivity index (χ1) is 10.2. The van der Waals surface area contributed by atoms with Crippen LogP contribution in [0.5, 0.6) is 0 Å². The molecule has 0 aromatic heterocycles. The maximum Gasteiger partial charge on any atom is 0.220 e. The summed E-state index contributed by atoms with van der Waals surface area (Å²) in [4.78, 5) is 11.8. The van der Waals surface area contributed by atoms with Crippen molar-refractivity contribution in [1.29, 1.82) is 0 Å². The van der Waals surface area contributed by atoms with Crippen LogP contribution in [0.2, 0.25) is 5.02 Å². The Labute approximate surface area is 129 Å². The van der Waals surface area contributed by atoms with Crippen LogP contribution in [0.4, 0.5) is 0 Å². The van der Waals surface area contributed by atoms with Gasteiger partial charge in [-0.05, 0) is 18.1 Å². The lowest BCUT2D eigenvalue weighted by molar-refractivity contribution is -0.121. The Bertz CT molecular complexity index is 586. The van der Waals surface area contributed by atoms with Crippen molar-refractivity contribution in [2.75, 3.05) is 6.54 Å². The Morgan fingerprint density at radius 3 is 2.48 bits per heavy atom. The predicted octanol–water partition coefficient (Wildman–Crippen LogP) is 3.12. The summed E-state index contributed by atoms with van der Waals surface area (Å²) in [5.74, 6) is -0.0787. The van der Waals surface area contributed by atoms with Gasteiger partial charge in [0.2, 0.25) is 5.91 Å². The van der Waals surface area contributed by atoms with Crippen LogP contribution in [0.25, 0.3) is 0 Å². The molecular formula is C17H18ClNO2. The first-order valence-electron chi connectivity index (χ1n) is 6.90. The number of nitrogens with one attached hydrogen (secondary N) is 1. The molecule has 2 aromatic rings. The van der Waals surface area contributed by atoms with Gasteiger partial charge in [0.25, 0.3) is 0 Å². The summed E-state index contributed by atoms with van der Waals surface area (Å²) in [6.45, 7) is 0.164. The van der Waals surface area contributed by atoms with Gasteiger partial charge >= 0.3 is 0 Å². The van der Waals surface area contributed by atoms with Crippen LogP contribution >= 0.6 is 11.6 Å². The van der Waals surface area contributed by atoms with Crippen LogP contribution in [0.1, 0.15) is 23.7 Å². The lowest BCUT2D eigenvalue weighted by atomic mass is 10.1. The SMILES string of the molecule is O=C(CCc1ccccc1)NC[C@@H](O)c1ccccc1Cl. The molecule has 0 aliphatic carbocycles. The molecule has 0 aliphatic heterocycles. The fraction of sp³-hybridized carbons (Fsp3) is 0.235. The summed E-state index contributed by atoms with van der Waals surface area (Å²) in [5.41, 5.74) is 1.75. The number of carbonyl (C=O) groups excluding carboxylic acids is 1. The molecule has 2 rings (SSSR count). The Morgan fingerprint density at radius 1 is 1.10 bits per heavy atom. The molecular weight excluding hydrogens is 286 g/mol. The molecule has 0 heterocycles. The van der Waals surface area contributed by atoms with Gasteiger partial charge in [0.15, 0.2) is 0 Å². The normalized spacial score (nSPS) is 11.9. The molecule has 0 spiro atoms. The van der Waals surface area contributed by atoms with Crippen LogP contribution in [0.3, 0.4) is 0 Å². The molecule has 1 atom stereocenters. The zero-order valence-electron chi connectivity index (χ0n) is 11.6. The van der Waals surface area contributed by atoms with E-state index < -0.39 is 6.10 Å². The van der Waals surface area contributed by atoms with Gasteiger partial charge in [-0.25, -0.2) is 0 Å². The molecule has 1 amide bonds. The minimum absolute atomic E-state index is 0.0787. The van der Waals surface area contributed by atoms with Gasteiger partial charge in [0, 0.05) is 23.6 Å². The second kappa shape index (κ2) is 7.81. The van der Waals surface area contributed by atoms with Gasteiger partial charge < -0.3 is 10.4 Å². The van der Waals surface area contributed by atoms with E-state index in [1.54, 1.807) is 18.2 Å². The Morgan fingerprint density at radius 2 is 1.76 bits per heavy atom. The van der Waals surface area contributed by atoms with E-state index in [1.165, 1.54) is 0 Å². The van der Waals surface area contributed by atoms with Crippen molar-refractivity contribution in [3.8, 4) is 0 Å². The minimum Gasteiger partial charge on any atom is -0.387 e. The molecule has 0 aliphatic rings. The monoisotopic (exact) mass is 303 g/mol. The van der Waals surface area contributed by atoms with Gasteiger partial charge in [0.05, 0.1) is 6.10 Å². The van der Waals surface area contributed by atoms with Crippen molar-refractivity contribution in [2.45, 2.75) is 18.9 Å². The van der Waals surface area contributed by atoms with E-state index in [4.69, 9.17) is 11.6 Å². The van der Waals surface area contributed by atoms with Crippen LogP contribution < -0.4 is 5.32 Å². The molecule has 0 unspecified atom stereocenters. The number of benzene rings is 2. The van der Waals surface area contributed by atoms with Gasteiger partial charge in [0.1, 0.15) is 0 Å². The lowest BCUT2D eigenvalue weighted by Gasteiger charge is -2.13. The fourth-order valence-electron chi connectivity index (χ4n) is 2.06. The van der Waals surface area contributed by atoms with Crippen LogP contribution in [0, 0.1) is 0 Å². The molecule has 0 saturated heterocycles. The van der Waals surface area contributed by atoms with E-state index in [0.717, 1.165) is 5.56 Å². The molecule has 4 heteroatoms. The minimum atomic E-state index is -0.792. The van der Waals surface area contributed by atoms with Gasteiger partial charge in [-0.3, -0.25) is 4.79 Å². The molecule has 0 bridgehead atoms. The summed E-state index contributed by atoms with van der Waals surface area (Å²) in [5, 5.41) is 13.3. The van der Waals surface area contributed by atoms with Crippen molar-refractivity contribution in [2.24, 2.45) is 0 Å². The largest absolute Gasteiger partial charge is 0.387 e. The zero-order valence-corrected chi connectivity index (χ0v) is 12.4. The quantitative estimate of drug-likeness (QED) is 0.861. The predicted molar refractivity (Wildman–Crippen MR) is 84.2 cm³/mol. The average molecular weight is 304 g/mol. The smallest absolute Gasteiger partial charge is 0.220 e. The molecule has 3 nitrogen and oxygen atoms in total. The highest BCUT2D eigenvalue weighted by atomic mass is 35.5. The maximum absolute atomic E-state index is 11.8. The molecule has 0 radical (unpaired) electrons. The summed E-state index contributed by atoms with van der Waals surface area (Å²) in [6, 6.07) is 16.9. The number of rotatable bonds is 6. The topological polar surface area (TPSA) is 49.3 Å². The average Bonchev–Trinajstić information content (AvgIpc) is 2.52. The van der Waals surface area contributed by atoms with Crippen molar-refractivity contribution < 1.29 is 9.90 Å². The van der Waals surface area contributed by atoms with Crippen LogP contribution in [-0.2, 0) is 11.2 Å². The maximum atomic E-state index is 11.8. The van der Waals surface area contributed by atoms with Crippen LogP contribution in [0.15, 0.2) is 54.6 Å². The summed E-state index contributed by atoms with van der Waals surface area (Å²) in [7, 11) is 0. The summed E-state index contributed by atoms with van der Waals surface area (Å²) >= 11 is 6.00. The molecule has 2 N–H and O–H groups in total. The number of carbonyl (C=O) groups is 1. The van der Waals surface area contributed by atoms with E-state index >= 15 is 0 Å². The highest BCUT2D eigenvalue weighted by molar-refractivity contribution is 6.31. The van der Waals surface area contributed by atoms with Crippen molar-refractivity contribution in [3.63, 3.8) is 0 Å². The second-order valence-electron chi connectivity index (χ2n) is 4.83. The van der Waals surface area contributed by atoms with Crippen molar-refractivity contribution in [1.82, 2.24) is 5.32 Å². The number of hydrogen-bond acceptors (Lipinski definition) is 2. The number of aliphatic hydroxyl groups is 1. The first kappa shape index (κ1) is 15.5. The third kappa shape index (κ3) is 4.88. The van der Waals surface area contributed by atoms with E-state index in [1.807, 2.05) is 36.4 Å². The summed E-state index contributed by atoms with van der Waals surface area (Å²) < 4.78 is 0. The molecule has 21 heavy (non-hydrogen) atoms. The molecule has 110 valence electrons. The van der Waals surface area contributed by atoms with E-state index in [9.17, 15) is 9.90 Å². The second-order valence-corrected chi connectivity index (χ2v) is 5.23. The third-order valence-electron chi connectivity index (χ3n) is 3.24. The van der Waals surface area contributed by atoms with E-state index in [2.05, 4.69) is 5.32 Å². The first-order valence-corrected chi connectivity index (χ1v) is 7.27. The van der Waals surface area contributed by atoms with Crippen LogP contribution in [-0.4, -0.2) is 17.6 Å². The fourth-order valence-corrected chi connectivity index (χ4v) is 2.32. The van der Waals surface area contributed by atoms with Crippen molar-refractivity contribution >= 4 is 17.5 Å². The highest BCUT2D eigenvalue weighted by Gasteiger charge is 2.12. The Balaban J connectivity index is 1.77. The zero-order chi connectivity index (χ0) is 15.1. The third-order valence-corrected chi connectivity index (χ3v) is 3.58. The standard InChI is InChI=1S/C17H18ClNO2/c18-15-9-5-4-8-14(15)16(20)12-19-17(21)11-10-13-6-2-1-3-7-13/h1-9,16,20H,10-12H2,(H,19,21)/t16-/m1/s1. The molecule has 0 fully saturated rings. The van der Waals surface area contributed by atoms with Gasteiger partial charge in [-0.15, -0.1) is 0 Å². The lowest BCUT2D eigenvalue weighted by Crippen LogP contribution is -2.28. The number of halogens is 1. The Kier molecular flexibility index (Phi) is 5.78. The van der Waals surface area contributed by atoms with E-state index in [-0.39, 0.29) is 12.5 Å². The Hall–Kier alpha value is -1.84. The number of aryl methyl sites for hydroxylation is 1. The molecule has 0 saturated carbocycles. The van der Waals surface area contributed by atoms with Gasteiger partial charge in [-0.1, -0.05) is 60.1 Å². The number of amides is 1. The number of hydrogen-bond donors (Lipinski definition) is 2. The van der Waals surface area contributed by atoms with E-state index in [0.29, 0.717) is 23.4 Å². The van der Waals surface area contributed by atoms with Gasteiger partial charge in [-0.2, -0.15) is 0 Å². The van der Waals surface area contributed by atoms with Crippen molar-refractivity contribution in [3.05, 3.63) is 70.7 Å². The highest BCUT2D eigenvalue weighted by Crippen LogP contribution is 2.21. The molecule has 2 aromatic carbocycles. The number of aliphatic hydroxyl groups excluding tert-OH is 1.